The molecule has 0 aromatic carbocycles. The maximum Gasteiger partial charge on any atom is 0.130 e. The Morgan fingerprint density at radius 1 is 1.33 bits per heavy atom. The monoisotopic (exact) mass is 247 g/mol. The van der Waals surface area contributed by atoms with Crippen molar-refractivity contribution in [3.63, 3.8) is 0 Å². The van der Waals surface area contributed by atoms with Gasteiger partial charge in [-0.1, -0.05) is 25.8 Å². The third-order valence-electron chi connectivity index (χ3n) is 3.86. The second-order valence-electron chi connectivity index (χ2n) is 5.20. The molecule has 1 aromatic rings. The highest BCUT2D eigenvalue weighted by molar-refractivity contribution is 5.46. The number of nitrogens with zero attached hydrogens (tertiary/aromatic N) is 2. The standard InChI is InChI=1S/C15H25N3/c1-3-6-13-7-5-11-18(12-10-13)15-9-4-8-14(16-2)17-15/h4,8-9,13H,3,5-7,10-12H2,1-2H3,(H,16,17). The number of hydrogen-bond acceptors (Lipinski definition) is 3. The summed E-state index contributed by atoms with van der Waals surface area (Å²) < 4.78 is 0. The summed E-state index contributed by atoms with van der Waals surface area (Å²) in [6.07, 6.45) is 6.71. The fourth-order valence-electron chi connectivity index (χ4n) is 2.83. The SMILES string of the molecule is CCCC1CCCN(c2cccc(NC)n2)CC1. The van der Waals surface area contributed by atoms with Crippen molar-refractivity contribution in [3.05, 3.63) is 18.2 Å². The molecule has 0 spiro atoms. The maximum atomic E-state index is 4.64. The quantitative estimate of drug-likeness (QED) is 0.882. The van der Waals surface area contributed by atoms with Crippen LogP contribution in [0.1, 0.15) is 39.0 Å². The van der Waals surface area contributed by atoms with Gasteiger partial charge in [0, 0.05) is 20.1 Å². The normalized spacial score (nSPS) is 20.6. The van der Waals surface area contributed by atoms with Gasteiger partial charge in [0.15, 0.2) is 0 Å². The van der Waals surface area contributed by atoms with E-state index in [9.17, 15) is 0 Å². The molecule has 2 heterocycles. The first-order valence-corrected chi connectivity index (χ1v) is 7.23. The van der Waals surface area contributed by atoms with Crippen molar-refractivity contribution < 1.29 is 0 Å². The zero-order valence-electron chi connectivity index (χ0n) is 11.7. The molecule has 1 aliphatic heterocycles. The molecule has 0 bridgehead atoms. The van der Waals surface area contributed by atoms with Crippen molar-refractivity contribution in [2.45, 2.75) is 39.0 Å². The van der Waals surface area contributed by atoms with Gasteiger partial charge < -0.3 is 10.2 Å². The van der Waals surface area contributed by atoms with Crippen molar-refractivity contribution in [1.82, 2.24) is 4.98 Å². The molecule has 1 N–H and O–H groups in total. The highest BCUT2D eigenvalue weighted by atomic mass is 15.2. The molecule has 3 heteroatoms. The van der Waals surface area contributed by atoms with Crippen molar-refractivity contribution in [1.29, 1.82) is 0 Å². The largest absolute Gasteiger partial charge is 0.373 e. The molecule has 0 aliphatic carbocycles. The minimum absolute atomic E-state index is 0.924. The van der Waals surface area contributed by atoms with Gasteiger partial charge in [0.05, 0.1) is 0 Å². The van der Waals surface area contributed by atoms with Crippen LogP contribution in [0.15, 0.2) is 18.2 Å². The molecule has 1 fully saturated rings. The van der Waals surface area contributed by atoms with E-state index in [0.29, 0.717) is 0 Å². The van der Waals surface area contributed by atoms with Crippen molar-refractivity contribution in [3.8, 4) is 0 Å². The van der Waals surface area contributed by atoms with Gasteiger partial charge in [0.2, 0.25) is 0 Å². The van der Waals surface area contributed by atoms with E-state index in [-0.39, 0.29) is 0 Å². The van der Waals surface area contributed by atoms with Crippen LogP contribution in [0, 0.1) is 5.92 Å². The Kier molecular flexibility index (Phi) is 4.85. The molecule has 1 aliphatic rings. The minimum atomic E-state index is 0.924. The zero-order valence-corrected chi connectivity index (χ0v) is 11.7. The molecule has 18 heavy (non-hydrogen) atoms. The first kappa shape index (κ1) is 13.2. The van der Waals surface area contributed by atoms with Gasteiger partial charge in [-0.15, -0.1) is 0 Å². The lowest BCUT2D eigenvalue weighted by atomic mass is 9.96. The molecule has 1 saturated heterocycles. The summed E-state index contributed by atoms with van der Waals surface area (Å²) in [6, 6.07) is 6.23. The Balaban J connectivity index is 2.00. The summed E-state index contributed by atoms with van der Waals surface area (Å²) in [5.74, 6) is 3.01. The third-order valence-corrected chi connectivity index (χ3v) is 3.86. The lowest BCUT2D eigenvalue weighted by Crippen LogP contribution is -2.25. The van der Waals surface area contributed by atoms with Crippen molar-refractivity contribution >= 4 is 11.6 Å². The van der Waals surface area contributed by atoms with E-state index in [4.69, 9.17) is 0 Å². The molecule has 1 unspecified atom stereocenters. The van der Waals surface area contributed by atoms with Crippen LogP contribution >= 0.6 is 0 Å². The van der Waals surface area contributed by atoms with E-state index in [0.717, 1.165) is 30.6 Å². The van der Waals surface area contributed by atoms with Crippen LogP contribution in [0.3, 0.4) is 0 Å². The fourth-order valence-corrected chi connectivity index (χ4v) is 2.83. The van der Waals surface area contributed by atoms with Crippen molar-refractivity contribution in [2.24, 2.45) is 5.92 Å². The van der Waals surface area contributed by atoms with Gasteiger partial charge >= 0.3 is 0 Å². The van der Waals surface area contributed by atoms with Crippen LogP contribution in [-0.4, -0.2) is 25.1 Å². The summed E-state index contributed by atoms with van der Waals surface area (Å²) in [5.41, 5.74) is 0. The molecule has 100 valence electrons. The number of rotatable bonds is 4. The summed E-state index contributed by atoms with van der Waals surface area (Å²) in [5, 5.41) is 3.11. The van der Waals surface area contributed by atoms with Crippen LogP contribution in [0.4, 0.5) is 11.6 Å². The highest BCUT2D eigenvalue weighted by Gasteiger charge is 2.17. The smallest absolute Gasteiger partial charge is 0.130 e. The van der Waals surface area contributed by atoms with E-state index in [2.05, 4.69) is 34.3 Å². The lowest BCUT2D eigenvalue weighted by molar-refractivity contribution is 0.435. The maximum absolute atomic E-state index is 4.64. The van der Waals surface area contributed by atoms with Crippen LogP contribution in [0.2, 0.25) is 0 Å². The number of hydrogen-bond donors (Lipinski definition) is 1. The molecule has 1 aromatic heterocycles. The predicted molar refractivity (Wildman–Crippen MR) is 78.2 cm³/mol. The Hall–Kier alpha value is -1.25. The average Bonchev–Trinajstić information content (AvgIpc) is 2.65. The second-order valence-corrected chi connectivity index (χ2v) is 5.20. The summed E-state index contributed by atoms with van der Waals surface area (Å²) >= 11 is 0. The third kappa shape index (κ3) is 3.37. The highest BCUT2D eigenvalue weighted by Crippen LogP contribution is 2.25. The van der Waals surface area contributed by atoms with Crippen LogP contribution in [0.5, 0.6) is 0 Å². The van der Waals surface area contributed by atoms with Crippen molar-refractivity contribution in [2.75, 3.05) is 30.4 Å². The Morgan fingerprint density at radius 3 is 3.00 bits per heavy atom. The lowest BCUT2D eigenvalue weighted by Gasteiger charge is -2.22. The van der Waals surface area contributed by atoms with Gasteiger partial charge in [0.1, 0.15) is 11.6 Å². The number of aromatic nitrogens is 1. The van der Waals surface area contributed by atoms with Gasteiger partial charge in [0.25, 0.3) is 0 Å². The summed E-state index contributed by atoms with van der Waals surface area (Å²) in [6.45, 7) is 4.60. The summed E-state index contributed by atoms with van der Waals surface area (Å²) in [4.78, 5) is 7.08. The van der Waals surface area contributed by atoms with E-state index in [1.807, 2.05) is 13.1 Å². The second kappa shape index (κ2) is 6.62. The molecule has 3 nitrogen and oxygen atoms in total. The number of anilines is 2. The molecule has 0 saturated carbocycles. The molecule has 2 rings (SSSR count). The Morgan fingerprint density at radius 2 is 2.22 bits per heavy atom. The topological polar surface area (TPSA) is 28.2 Å². The van der Waals surface area contributed by atoms with E-state index < -0.39 is 0 Å². The number of nitrogens with one attached hydrogen (secondary N) is 1. The molecular formula is C15H25N3. The van der Waals surface area contributed by atoms with E-state index in [1.54, 1.807) is 0 Å². The average molecular weight is 247 g/mol. The van der Waals surface area contributed by atoms with E-state index in [1.165, 1.54) is 32.1 Å². The zero-order chi connectivity index (χ0) is 12.8. The van der Waals surface area contributed by atoms with Gasteiger partial charge in [-0.25, -0.2) is 4.98 Å². The summed E-state index contributed by atoms with van der Waals surface area (Å²) in [7, 11) is 1.92. The first-order valence-electron chi connectivity index (χ1n) is 7.23. The molecule has 1 atom stereocenters. The minimum Gasteiger partial charge on any atom is -0.373 e. The van der Waals surface area contributed by atoms with Crippen LogP contribution < -0.4 is 10.2 Å². The first-order chi connectivity index (χ1) is 8.83. The Bertz CT molecular complexity index is 365. The fraction of sp³-hybridized carbons (Fsp3) is 0.667. The molecule has 0 radical (unpaired) electrons. The van der Waals surface area contributed by atoms with Gasteiger partial charge in [-0.2, -0.15) is 0 Å². The predicted octanol–water partition coefficient (Wildman–Crippen LogP) is 3.53. The molecule has 0 amide bonds. The van der Waals surface area contributed by atoms with Gasteiger partial charge in [-0.05, 0) is 37.3 Å². The van der Waals surface area contributed by atoms with E-state index >= 15 is 0 Å². The van der Waals surface area contributed by atoms with Gasteiger partial charge in [-0.3, -0.25) is 0 Å². The number of pyridine rings is 1. The molecular weight excluding hydrogens is 222 g/mol. The Labute approximate surface area is 111 Å². The van der Waals surface area contributed by atoms with Crippen LogP contribution in [-0.2, 0) is 0 Å². The van der Waals surface area contributed by atoms with Crippen LogP contribution in [0.25, 0.3) is 0 Å².